The minimum atomic E-state index is -3.78. The fourth-order valence-corrected chi connectivity index (χ4v) is 3.00. The largest absolute Gasteiger partial charge is 0.396 e. The van der Waals surface area contributed by atoms with E-state index < -0.39 is 10.0 Å². The van der Waals surface area contributed by atoms with E-state index in [0.717, 1.165) is 25.7 Å². The topological polar surface area (TPSA) is 101 Å². The number of nitrogen functional groups attached to an aromatic ring is 1. The number of hydrogen-bond donors (Lipinski definition) is 3. The van der Waals surface area contributed by atoms with Crippen LogP contribution in [0.5, 0.6) is 0 Å². The van der Waals surface area contributed by atoms with Gasteiger partial charge in [0.25, 0.3) is 0 Å². The molecule has 112 valence electrons. The van der Waals surface area contributed by atoms with Gasteiger partial charge in [-0.15, -0.1) is 0 Å². The Kier molecular flexibility index (Phi) is 4.52. The zero-order valence-electron chi connectivity index (χ0n) is 11.7. The van der Waals surface area contributed by atoms with Crippen molar-refractivity contribution in [1.82, 2.24) is 4.90 Å². The molecule has 7 heteroatoms. The van der Waals surface area contributed by atoms with E-state index in [1.54, 1.807) is 12.1 Å². The number of rotatable bonds is 7. The fourth-order valence-electron chi connectivity index (χ4n) is 2.32. The third-order valence-electron chi connectivity index (χ3n) is 3.56. The maximum absolute atomic E-state index is 11.4. The zero-order valence-corrected chi connectivity index (χ0v) is 12.5. The lowest BCUT2D eigenvalue weighted by Crippen LogP contribution is -2.31. The molecule has 0 aliphatic heterocycles. The van der Waals surface area contributed by atoms with Crippen molar-refractivity contribution < 1.29 is 8.42 Å². The Morgan fingerprint density at radius 3 is 2.65 bits per heavy atom. The highest BCUT2D eigenvalue weighted by molar-refractivity contribution is 7.89. The van der Waals surface area contributed by atoms with Crippen LogP contribution >= 0.6 is 0 Å². The summed E-state index contributed by atoms with van der Waals surface area (Å²) in [5.41, 5.74) is 6.65. The normalized spacial score (nSPS) is 15.6. The van der Waals surface area contributed by atoms with Gasteiger partial charge in [0.1, 0.15) is 4.90 Å². The van der Waals surface area contributed by atoms with Crippen LogP contribution < -0.4 is 16.2 Å². The van der Waals surface area contributed by atoms with Gasteiger partial charge in [-0.05, 0) is 31.5 Å². The van der Waals surface area contributed by atoms with Gasteiger partial charge in [-0.2, -0.15) is 0 Å². The van der Waals surface area contributed by atoms with Crippen LogP contribution in [0.3, 0.4) is 0 Å². The molecule has 5 N–H and O–H groups in total. The van der Waals surface area contributed by atoms with Crippen molar-refractivity contribution in [3.8, 4) is 0 Å². The SMILES string of the molecule is CCN(CCNc1cccc(S(N)(=O)=O)c1N)C1CC1. The van der Waals surface area contributed by atoms with Crippen LogP contribution in [-0.4, -0.2) is 39.0 Å². The van der Waals surface area contributed by atoms with Crippen LogP contribution in [0.4, 0.5) is 11.4 Å². The second kappa shape index (κ2) is 5.99. The van der Waals surface area contributed by atoms with E-state index >= 15 is 0 Å². The summed E-state index contributed by atoms with van der Waals surface area (Å²) in [5.74, 6) is 0. The van der Waals surface area contributed by atoms with Crippen LogP contribution in [-0.2, 0) is 10.0 Å². The number of primary sulfonamides is 1. The molecule has 1 fully saturated rings. The standard InChI is InChI=1S/C13H22N4O2S/c1-2-17(10-6-7-10)9-8-16-11-4-3-5-12(13(11)14)20(15,18)19/h3-5,10,16H,2,6-9,14H2,1H3,(H2,15,18,19). The van der Waals surface area contributed by atoms with E-state index in [2.05, 4.69) is 17.1 Å². The maximum Gasteiger partial charge on any atom is 0.240 e. The van der Waals surface area contributed by atoms with E-state index in [4.69, 9.17) is 10.9 Å². The number of hydrogen-bond acceptors (Lipinski definition) is 5. The fraction of sp³-hybridized carbons (Fsp3) is 0.538. The highest BCUT2D eigenvalue weighted by atomic mass is 32.2. The first-order valence-corrected chi connectivity index (χ1v) is 8.37. The molecule has 0 aromatic heterocycles. The molecule has 1 aliphatic carbocycles. The molecule has 1 aliphatic rings. The minimum absolute atomic E-state index is 0.0305. The molecule has 0 unspecified atom stereocenters. The summed E-state index contributed by atoms with van der Waals surface area (Å²) in [6.07, 6.45) is 2.55. The Hall–Kier alpha value is -1.31. The predicted molar refractivity (Wildman–Crippen MR) is 81.0 cm³/mol. The Labute approximate surface area is 120 Å². The summed E-state index contributed by atoms with van der Waals surface area (Å²) in [7, 11) is -3.78. The van der Waals surface area contributed by atoms with E-state index in [1.165, 1.54) is 18.9 Å². The summed E-state index contributed by atoms with van der Waals surface area (Å²) < 4.78 is 22.8. The lowest BCUT2D eigenvalue weighted by Gasteiger charge is -2.20. The molecule has 6 nitrogen and oxygen atoms in total. The van der Waals surface area contributed by atoms with Crippen LogP contribution in [0.15, 0.2) is 23.1 Å². The number of nitrogens with one attached hydrogen (secondary N) is 1. The smallest absolute Gasteiger partial charge is 0.240 e. The lowest BCUT2D eigenvalue weighted by atomic mass is 10.2. The van der Waals surface area contributed by atoms with Gasteiger partial charge in [-0.25, -0.2) is 13.6 Å². The Morgan fingerprint density at radius 2 is 2.10 bits per heavy atom. The second-order valence-corrected chi connectivity index (χ2v) is 6.58. The average molecular weight is 298 g/mol. The molecule has 0 bridgehead atoms. The third kappa shape index (κ3) is 3.62. The van der Waals surface area contributed by atoms with E-state index in [0.29, 0.717) is 5.69 Å². The first kappa shape index (κ1) is 15.1. The summed E-state index contributed by atoms with van der Waals surface area (Å²) >= 11 is 0. The van der Waals surface area contributed by atoms with E-state index in [9.17, 15) is 8.42 Å². The molecule has 0 spiro atoms. The molecule has 20 heavy (non-hydrogen) atoms. The van der Waals surface area contributed by atoms with E-state index in [1.807, 2.05) is 0 Å². The number of likely N-dealkylation sites (N-methyl/N-ethyl adjacent to an activating group) is 1. The van der Waals surface area contributed by atoms with Gasteiger partial charge in [0.05, 0.1) is 11.4 Å². The van der Waals surface area contributed by atoms with Crippen molar-refractivity contribution in [1.29, 1.82) is 0 Å². The van der Waals surface area contributed by atoms with Gasteiger partial charge in [0.15, 0.2) is 0 Å². The second-order valence-electron chi connectivity index (χ2n) is 5.05. The number of benzene rings is 1. The Balaban J connectivity index is 1.99. The van der Waals surface area contributed by atoms with Crippen LogP contribution in [0.1, 0.15) is 19.8 Å². The van der Waals surface area contributed by atoms with Gasteiger partial charge < -0.3 is 11.1 Å². The van der Waals surface area contributed by atoms with Gasteiger partial charge in [-0.1, -0.05) is 13.0 Å². The first-order valence-electron chi connectivity index (χ1n) is 6.82. The van der Waals surface area contributed by atoms with Gasteiger partial charge in [0, 0.05) is 19.1 Å². The number of sulfonamides is 1. The van der Waals surface area contributed by atoms with Crippen molar-refractivity contribution >= 4 is 21.4 Å². The molecule has 0 atom stereocenters. The van der Waals surface area contributed by atoms with Crippen LogP contribution in [0.2, 0.25) is 0 Å². The quantitative estimate of drug-likeness (QED) is 0.647. The van der Waals surface area contributed by atoms with Crippen molar-refractivity contribution in [3.63, 3.8) is 0 Å². The molecule has 0 saturated heterocycles. The Morgan fingerprint density at radius 1 is 1.40 bits per heavy atom. The van der Waals surface area contributed by atoms with E-state index in [-0.39, 0.29) is 10.6 Å². The van der Waals surface area contributed by atoms with Gasteiger partial charge >= 0.3 is 0 Å². The van der Waals surface area contributed by atoms with Crippen molar-refractivity contribution in [2.24, 2.45) is 5.14 Å². The van der Waals surface area contributed by atoms with Crippen LogP contribution in [0.25, 0.3) is 0 Å². The summed E-state index contributed by atoms with van der Waals surface area (Å²) in [4.78, 5) is 2.38. The molecule has 1 aromatic rings. The molecular weight excluding hydrogens is 276 g/mol. The van der Waals surface area contributed by atoms with Crippen molar-refractivity contribution in [2.45, 2.75) is 30.7 Å². The molecule has 0 amide bonds. The third-order valence-corrected chi connectivity index (χ3v) is 4.53. The van der Waals surface area contributed by atoms with Crippen molar-refractivity contribution in [3.05, 3.63) is 18.2 Å². The van der Waals surface area contributed by atoms with Gasteiger partial charge in [0.2, 0.25) is 10.0 Å². The average Bonchev–Trinajstić information content (AvgIpc) is 3.19. The number of nitrogens with zero attached hydrogens (tertiary/aromatic N) is 1. The maximum atomic E-state index is 11.4. The summed E-state index contributed by atoms with van der Waals surface area (Å²) in [6.45, 7) is 4.82. The number of anilines is 2. The number of nitrogens with two attached hydrogens (primary N) is 2. The molecular formula is C13H22N4O2S. The lowest BCUT2D eigenvalue weighted by molar-refractivity contribution is 0.289. The molecule has 0 heterocycles. The molecule has 1 aromatic carbocycles. The zero-order chi connectivity index (χ0) is 14.8. The predicted octanol–water partition coefficient (Wildman–Crippen LogP) is 0.812. The monoisotopic (exact) mass is 298 g/mol. The Bertz CT molecular complexity index is 570. The first-order chi connectivity index (χ1) is 9.43. The highest BCUT2D eigenvalue weighted by Gasteiger charge is 2.27. The summed E-state index contributed by atoms with van der Waals surface area (Å²) in [5, 5.41) is 8.32. The highest BCUT2D eigenvalue weighted by Crippen LogP contribution is 2.27. The minimum Gasteiger partial charge on any atom is -0.396 e. The number of para-hydroxylation sites is 1. The van der Waals surface area contributed by atoms with Crippen molar-refractivity contribution in [2.75, 3.05) is 30.7 Å². The summed E-state index contributed by atoms with van der Waals surface area (Å²) in [6, 6.07) is 5.53. The molecule has 1 saturated carbocycles. The van der Waals surface area contributed by atoms with Crippen LogP contribution in [0, 0.1) is 0 Å². The van der Waals surface area contributed by atoms with Gasteiger partial charge in [-0.3, -0.25) is 4.90 Å². The molecule has 0 radical (unpaired) electrons. The molecule has 2 rings (SSSR count).